The molecule has 1 aromatic heterocycles. The first kappa shape index (κ1) is 21.8. The summed E-state index contributed by atoms with van der Waals surface area (Å²) in [6, 6.07) is 17.3. The molecule has 4 nitrogen and oxygen atoms in total. The fourth-order valence-corrected chi connectivity index (χ4v) is 3.76. The minimum atomic E-state index is 0.0268. The summed E-state index contributed by atoms with van der Waals surface area (Å²) in [5.41, 5.74) is 3.51. The van der Waals surface area contributed by atoms with Crippen LogP contribution in [-0.2, 0) is 25.8 Å². The van der Waals surface area contributed by atoms with Crippen molar-refractivity contribution in [3.05, 3.63) is 81.8 Å². The predicted molar refractivity (Wildman–Crippen MR) is 123 cm³/mol. The van der Waals surface area contributed by atoms with Crippen LogP contribution in [0.3, 0.4) is 0 Å². The molecule has 0 bridgehead atoms. The minimum absolute atomic E-state index is 0.0268. The van der Waals surface area contributed by atoms with E-state index < -0.39 is 0 Å². The summed E-state index contributed by atoms with van der Waals surface area (Å²) in [7, 11) is 0. The second kappa shape index (κ2) is 10.2. The monoisotopic (exact) mass is 404 g/mol. The zero-order chi connectivity index (χ0) is 21.5. The average molecular weight is 405 g/mol. The minimum Gasteiger partial charge on any atom is -0.507 e. The molecule has 0 saturated heterocycles. The Bertz CT molecular complexity index is 1020. The first-order valence-electron chi connectivity index (χ1n) is 11.0. The van der Waals surface area contributed by atoms with Gasteiger partial charge in [-0.25, -0.2) is 4.98 Å². The van der Waals surface area contributed by atoms with Crippen molar-refractivity contribution in [3.8, 4) is 17.1 Å². The van der Waals surface area contributed by atoms with E-state index in [2.05, 4.69) is 32.9 Å². The Hall–Kier alpha value is -2.88. The normalized spacial score (nSPS) is 11.2. The van der Waals surface area contributed by atoms with Crippen molar-refractivity contribution in [2.45, 2.75) is 59.4 Å². The first-order chi connectivity index (χ1) is 14.5. The summed E-state index contributed by atoms with van der Waals surface area (Å²) in [6.45, 7) is 6.94. The van der Waals surface area contributed by atoms with E-state index >= 15 is 0 Å². The fourth-order valence-electron chi connectivity index (χ4n) is 3.76. The standard InChI is InChI=1S/C26H32N2O2/c1-4-5-14-23-22(18-19(2)3)26(30)28(17-16-20-11-7-6-8-12-20)25(27-23)21-13-9-10-15-24(21)29/h6-13,15,19,29H,4-5,14,16-18H2,1-3H3. The van der Waals surface area contributed by atoms with Gasteiger partial charge in [0.05, 0.1) is 11.3 Å². The van der Waals surface area contributed by atoms with E-state index in [0.717, 1.165) is 43.4 Å². The largest absolute Gasteiger partial charge is 0.507 e. The SMILES string of the molecule is CCCCc1nc(-c2ccccc2O)n(CCc2ccccc2)c(=O)c1CC(C)C. The van der Waals surface area contributed by atoms with Gasteiger partial charge >= 0.3 is 0 Å². The Labute approximate surface area is 179 Å². The maximum Gasteiger partial charge on any atom is 0.257 e. The van der Waals surface area contributed by atoms with E-state index in [0.29, 0.717) is 23.9 Å². The second-order valence-electron chi connectivity index (χ2n) is 8.27. The van der Waals surface area contributed by atoms with Crippen molar-refractivity contribution in [2.24, 2.45) is 5.92 Å². The molecule has 0 aliphatic rings. The number of aromatic hydroxyl groups is 1. The number of aromatic nitrogens is 2. The molecule has 1 N–H and O–H groups in total. The van der Waals surface area contributed by atoms with Crippen LogP contribution in [0.1, 0.15) is 50.4 Å². The van der Waals surface area contributed by atoms with Gasteiger partial charge in [-0.05, 0) is 49.3 Å². The number of phenolic OH excluding ortho intramolecular Hbond substituents is 1. The van der Waals surface area contributed by atoms with E-state index in [9.17, 15) is 9.90 Å². The van der Waals surface area contributed by atoms with E-state index in [1.54, 1.807) is 16.7 Å². The molecule has 1 heterocycles. The zero-order valence-corrected chi connectivity index (χ0v) is 18.3. The molecule has 158 valence electrons. The van der Waals surface area contributed by atoms with E-state index in [4.69, 9.17) is 4.98 Å². The maximum absolute atomic E-state index is 13.7. The highest BCUT2D eigenvalue weighted by atomic mass is 16.3. The van der Waals surface area contributed by atoms with Crippen LogP contribution in [0.4, 0.5) is 0 Å². The molecule has 3 rings (SSSR count). The molecule has 3 aromatic rings. The lowest BCUT2D eigenvalue weighted by Gasteiger charge is -2.19. The van der Waals surface area contributed by atoms with Gasteiger partial charge in [0, 0.05) is 12.1 Å². The van der Waals surface area contributed by atoms with Crippen LogP contribution in [0, 0.1) is 5.92 Å². The Morgan fingerprint density at radius 3 is 2.37 bits per heavy atom. The van der Waals surface area contributed by atoms with E-state index in [-0.39, 0.29) is 11.3 Å². The molecule has 0 fully saturated rings. The van der Waals surface area contributed by atoms with Crippen LogP contribution in [-0.4, -0.2) is 14.7 Å². The lowest BCUT2D eigenvalue weighted by Crippen LogP contribution is -2.30. The molecule has 0 spiro atoms. The molecule has 0 unspecified atom stereocenters. The summed E-state index contributed by atoms with van der Waals surface area (Å²) in [5, 5.41) is 10.5. The number of hydrogen-bond donors (Lipinski definition) is 1. The second-order valence-corrected chi connectivity index (χ2v) is 8.27. The lowest BCUT2D eigenvalue weighted by molar-refractivity contribution is 0.475. The number of para-hydroxylation sites is 1. The van der Waals surface area contributed by atoms with Gasteiger partial charge in [-0.1, -0.05) is 69.7 Å². The topological polar surface area (TPSA) is 55.1 Å². The lowest BCUT2D eigenvalue weighted by atomic mass is 9.99. The summed E-state index contributed by atoms with van der Waals surface area (Å²) in [6.07, 6.45) is 4.28. The molecule has 4 heteroatoms. The number of hydrogen-bond acceptors (Lipinski definition) is 3. The zero-order valence-electron chi connectivity index (χ0n) is 18.3. The summed E-state index contributed by atoms with van der Waals surface area (Å²) < 4.78 is 1.76. The number of nitrogens with zero attached hydrogens (tertiary/aromatic N) is 2. The van der Waals surface area contributed by atoms with Crippen molar-refractivity contribution in [2.75, 3.05) is 0 Å². The van der Waals surface area contributed by atoms with Crippen LogP contribution in [0.5, 0.6) is 5.75 Å². The van der Waals surface area contributed by atoms with Crippen molar-refractivity contribution in [1.82, 2.24) is 9.55 Å². The maximum atomic E-state index is 13.7. The molecular formula is C26H32N2O2. The highest BCUT2D eigenvalue weighted by Crippen LogP contribution is 2.28. The van der Waals surface area contributed by atoms with Crippen LogP contribution in [0.2, 0.25) is 0 Å². The van der Waals surface area contributed by atoms with Crippen molar-refractivity contribution in [1.29, 1.82) is 0 Å². The van der Waals surface area contributed by atoms with Gasteiger partial charge in [-0.2, -0.15) is 0 Å². The third-order valence-electron chi connectivity index (χ3n) is 5.34. The van der Waals surface area contributed by atoms with Crippen LogP contribution >= 0.6 is 0 Å². The molecule has 0 aliphatic heterocycles. The summed E-state index contributed by atoms with van der Waals surface area (Å²) in [5.74, 6) is 1.09. The van der Waals surface area contributed by atoms with E-state index in [1.807, 2.05) is 30.3 Å². The van der Waals surface area contributed by atoms with Gasteiger partial charge < -0.3 is 5.11 Å². The van der Waals surface area contributed by atoms with E-state index in [1.165, 1.54) is 5.56 Å². The Kier molecular flexibility index (Phi) is 7.45. The Balaban J connectivity index is 2.14. The molecule has 0 saturated carbocycles. The highest BCUT2D eigenvalue weighted by Gasteiger charge is 2.20. The number of phenols is 1. The first-order valence-corrected chi connectivity index (χ1v) is 11.0. The van der Waals surface area contributed by atoms with Crippen LogP contribution < -0.4 is 5.56 Å². The highest BCUT2D eigenvalue weighted by molar-refractivity contribution is 5.64. The average Bonchev–Trinajstić information content (AvgIpc) is 2.74. The molecule has 0 aliphatic carbocycles. The van der Waals surface area contributed by atoms with Crippen molar-refractivity contribution in [3.63, 3.8) is 0 Å². The van der Waals surface area contributed by atoms with Gasteiger partial charge in [0.2, 0.25) is 0 Å². The number of unbranched alkanes of at least 4 members (excludes halogenated alkanes) is 1. The van der Waals surface area contributed by atoms with Crippen LogP contribution in [0.15, 0.2) is 59.4 Å². The molecule has 2 aromatic carbocycles. The number of rotatable bonds is 9. The summed E-state index contributed by atoms with van der Waals surface area (Å²) >= 11 is 0. The quantitative estimate of drug-likeness (QED) is 0.519. The van der Waals surface area contributed by atoms with Gasteiger partial charge in [-0.15, -0.1) is 0 Å². The third kappa shape index (κ3) is 5.18. The predicted octanol–water partition coefficient (Wildman–Crippen LogP) is 5.40. The van der Waals surface area contributed by atoms with Gasteiger partial charge in [0.25, 0.3) is 5.56 Å². The molecule has 30 heavy (non-hydrogen) atoms. The molecule has 0 atom stereocenters. The van der Waals surface area contributed by atoms with Gasteiger partial charge in [0.1, 0.15) is 11.6 Å². The smallest absolute Gasteiger partial charge is 0.257 e. The Morgan fingerprint density at radius 1 is 1.00 bits per heavy atom. The van der Waals surface area contributed by atoms with Crippen molar-refractivity contribution < 1.29 is 5.11 Å². The van der Waals surface area contributed by atoms with Crippen LogP contribution in [0.25, 0.3) is 11.4 Å². The van der Waals surface area contributed by atoms with Crippen molar-refractivity contribution >= 4 is 0 Å². The fraction of sp³-hybridized carbons (Fsp3) is 0.385. The molecular weight excluding hydrogens is 372 g/mol. The third-order valence-corrected chi connectivity index (χ3v) is 5.34. The Morgan fingerprint density at radius 2 is 1.70 bits per heavy atom. The van der Waals surface area contributed by atoms with Gasteiger partial charge in [-0.3, -0.25) is 9.36 Å². The number of benzene rings is 2. The van der Waals surface area contributed by atoms with Gasteiger partial charge in [0.15, 0.2) is 0 Å². The molecule has 0 radical (unpaired) electrons. The summed E-state index contributed by atoms with van der Waals surface area (Å²) in [4.78, 5) is 18.6. The number of aryl methyl sites for hydroxylation is 2. The molecule has 0 amide bonds.